The number of hydrogen-bond donors (Lipinski definition) is 0. The van der Waals surface area contributed by atoms with Crippen LogP contribution in [0.5, 0.6) is 5.75 Å². The fourth-order valence-corrected chi connectivity index (χ4v) is 7.48. The quantitative estimate of drug-likeness (QED) is 0.133. The molecule has 2 aromatic rings. The molecule has 210 valence electrons. The zero-order valence-electron chi connectivity index (χ0n) is 24.6. The molecule has 0 N–H and O–H groups in total. The summed E-state index contributed by atoms with van der Waals surface area (Å²) in [5.74, 6) is 5.20. The third-order valence-electron chi connectivity index (χ3n) is 8.75. The van der Waals surface area contributed by atoms with Gasteiger partial charge in [0, 0.05) is 0 Å². The fraction of sp³-hybridized carbons (Fsp3) is 0.667. The Bertz CT molecular complexity index is 892. The summed E-state index contributed by atoms with van der Waals surface area (Å²) in [6.45, 7) is 6.87. The van der Waals surface area contributed by atoms with Crippen molar-refractivity contribution < 1.29 is 4.74 Å². The van der Waals surface area contributed by atoms with Gasteiger partial charge in [-0.1, -0.05) is 45.4 Å². The monoisotopic (exact) mass is 582 g/mol. The van der Waals surface area contributed by atoms with Crippen LogP contribution in [-0.4, -0.2) is 21.1 Å². The summed E-state index contributed by atoms with van der Waals surface area (Å²) in [5.41, 5.74) is 4.25. The first kappa shape index (κ1) is 29.7. The standard InChI is InChI=1S/C24H32OSe.C12H22/c1-3-4-5-6-24(22-13-14-22)25-23-15-11-21(12-16-23)18-26-17-20-9-7-19(2)8-10-20;1-10(12-8-9-12)4-2-3-5-11-6-7-11/h7-12,15-16,22,24H,3-6,13-14,17-18H2,1-2H3;10-12H,2-9H2,1H3. The maximum atomic E-state index is 6.33. The Morgan fingerprint density at radius 2 is 1.34 bits per heavy atom. The van der Waals surface area contributed by atoms with Crippen molar-refractivity contribution in [2.45, 2.75) is 127 Å². The van der Waals surface area contributed by atoms with Gasteiger partial charge in [-0.15, -0.1) is 0 Å². The molecule has 0 bridgehead atoms. The van der Waals surface area contributed by atoms with E-state index in [-0.39, 0.29) is 0 Å². The molecule has 0 heterocycles. The average molecular weight is 582 g/mol. The van der Waals surface area contributed by atoms with Crippen LogP contribution in [0.3, 0.4) is 0 Å². The third-order valence-corrected chi connectivity index (χ3v) is 11.0. The van der Waals surface area contributed by atoms with E-state index in [9.17, 15) is 0 Å². The van der Waals surface area contributed by atoms with E-state index in [1.807, 2.05) is 0 Å². The maximum absolute atomic E-state index is 6.33. The van der Waals surface area contributed by atoms with Crippen LogP contribution in [0.1, 0.15) is 120 Å². The Kier molecular flexibility index (Phi) is 12.6. The van der Waals surface area contributed by atoms with Crippen molar-refractivity contribution in [3.05, 3.63) is 65.2 Å². The second kappa shape index (κ2) is 16.1. The van der Waals surface area contributed by atoms with E-state index in [1.54, 1.807) is 0 Å². The molecule has 38 heavy (non-hydrogen) atoms. The van der Waals surface area contributed by atoms with Gasteiger partial charge in [0.05, 0.1) is 0 Å². The van der Waals surface area contributed by atoms with E-state index in [4.69, 9.17) is 4.74 Å². The molecule has 3 aliphatic carbocycles. The summed E-state index contributed by atoms with van der Waals surface area (Å²) in [4.78, 5) is 0. The summed E-state index contributed by atoms with van der Waals surface area (Å²) in [6, 6.07) is 17.9. The minimum absolute atomic E-state index is 0.443. The normalized spacial score (nSPS) is 18.4. The van der Waals surface area contributed by atoms with Crippen molar-refractivity contribution >= 4 is 15.0 Å². The number of rotatable bonds is 17. The Morgan fingerprint density at radius 1 is 0.737 bits per heavy atom. The van der Waals surface area contributed by atoms with Crippen LogP contribution in [0.25, 0.3) is 0 Å². The van der Waals surface area contributed by atoms with E-state index in [0.29, 0.717) is 21.1 Å². The van der Waals surface area contributed by atoms with Crippen LogP contribution >= 0.6 is 0 Å². The molecule has 0 aliphatic heterocycles. The molecule has 5 rings (SSSR count). The fourth-order valence-electron chi connectivity index (χ4n) is 5.47. The van der Waals surface area contributed by atoms with Gasteiger partial charge in [-0.25, -0.2) is 0 Å². The molecule has 2 unspecified atom stereocenters. The first-order chi connectivity index (χ1) is 18.6. The first-order valence-corrected chi connectivity index (χ1v) is 18.4. The topological polar surface area (TPSA) is 9.23 Å². The van der Waals surface area contributed by atoms with Gasteiger partial charge in [0.25, 0.3) is 0 Å². The molecule has 3 fully saturated rings. The number of ether oxygens (including phenoxy) is 1. The average Bonchev–Trinajstić information content (AvgIpc) is 3.78. The van der Waals surface area contributed by atoms with Crippen molar-refractivity contribution in [3.63, 3.8) is 0 Å². The van der Waals surface area contributed by atoms with Gasteiger partial charge in [-0.3, -0.25) is 0 Å². The Balaban J connectivity index is 0.000000232. The van der Waals surface area contributed by atoms with E-state index >= 15 is 0 Å². The molecule has 0 amide bonds. The van der Waals surface area contributed by atoms with Gasteiger partial charge in [0.2, 0.25) is 0 Å². The van der Waals surface area contributed by atoms with Crippen molar-refractivity contribution in [1.82, 2.24) is 0 Å². The van der Waals surface area contributed by atoms with E-state index in [0.717, 1.165) is 29.4 Å². The van der Waals surface area contributed by atoms with Gasteiger partial charge in [0.1, 0.15) is 0 Å². The van der Waals surface area contributed by atoms with Crippen LogP contribution in [0.15, 0.2) is 48.5 Å². The first-order valence-electron chi connectivity index (χ1n) is 16.0. The summed E-state index contributed by atoms with van der Waals surface area (Å²) >= 11 is 0.619. The molecule has 0 spiro atoms. The van der Waals surface area contributed by atoms with Crippen molar-refractivity contribution in [1.29, 1.82) is 0 Å². The van der Waals surface area contributed by atoms with Crippen LogP contribution in [0.4, 0.5) is 0 Å². The van der Waals surface area contributed by atoms with Gasteiger partial charge in [-0.2, -0.15) is 0 Å². The van der Waals surface area contributed by atoms with Gasteiger partial charge >= 0.3 is 166 Å². The molecule has 2 atom stereocenters. The summed E-state index contributed by atoms with van der Waals surface area (Å²) in [7, 11) is 0. The van der Waals surface area contributed by atoms with Gasteiger partial charge < -0.3 is 0 Å². The number of aryl methyl sites for hydroxylation is 1. The van der Waals surface area contributed by atoms with Crippen molar-refractivity contribution in [3.8, 4) is 5.75 Å². The second-order valence-electron chi connectivity index (χ2n) is 12.7. The third kappa shape index (κ3) is 11.9. The van der Waals surface area contributed by atoms with Crippen molar-refractivity contribution in [2.24, 2.45) is 23.7 Å². The van der Waals surface area contributed by atoms with Crippen LogP contribution < -0.4 is 4.74 Å². The Hall–Kier alpha value is -1.24. The van der Waals surface area contributed by atoms with Crippen LogP contribution in [0.2, 0.25) is 0 Å². The molecule has 2 heteroatoms. The summed E-state index contributed by atoms with van der Waals surface area (Å²) in [5, 5.41) is 2.41. The van der Waals surface area contributed by atoms with Gasteiger partial charge in [-0.05, 0) is 30.6 Å². The summed E-state index contributed by atoms with van der Waals surface area (Å²) < 4.78 is 6.33. The number of unbranched alkanes of at least 4 members (excludes halogenated alkanes) is 3. The molecule has 2 aromatic carbocycles. The predicted octanol–water partition coefficient (Wildman–Crippen LogP) is 10.1. The Labute approximate surface area is 241 Å². The predicted molar refractivity (Wildman–Crippen MR) is 165 cm³/mol. The van der Waals surface area contributed by atoms with Crippen LogP contribution in [0, 0.1) is 30.6 Å². The molecule has 3 saturated carbocycles. The second-order valence-corrected chi connectivity index (χ2v) is 14.7. The molecule has 0 saturated heterocycles. The number of hydrogen-bond acceptors (Lipinski definition) is 1. The van der Waals surface area contributed by atoms with E-state index in [2.05, 4.69) is 69.3 Å². The zero-order chi connectivity index (χ0) is 26.6. The molecular formula is C36H54OSe. The molecule has 1 nitrogen and oxygen atoms in total. The van der Waals surface area contributed by atoms with E-state index < -0.39 is 0 Å². The molecule has 3 aliphatic rings. The summed E-state index contributed by atoms with van der Waals surface area (Å²) in [6.07, 6.45) is 20.5. The molecule has 0 aromatic heterocycles. The number of benzene rings is 2. The molecule has 0 radical (unpaired) electrons. The SMILES string of the molecule is CC(CCCCC1CC1)C1CC1.CCCCCC(Oc1ccc(C[Se]Cc2ccc(C)cc2)cc1)C1CC1. The zero-order valence-corrected chi connectivity index (χ0v) is 26.3. The van der Waals surface area contributed by atoms with Crippen LogP contribution in [-0.2, 0) is 10.6 Å². The van der Waals surface area contributed by atoms with Gasteiger partial charge in [0.15, 0.2) is 0 Å². The van der Waals surface area contributed by atoms with E-state index in [1.165, 1.54) is 117 Å². The minimum atomic E-state index is 0.443. The Morgan fingerprint density at radius 3 is 1.92 bits per heavy atom. The molecular weight excluding hydrogens is 527 g/mol. The van der Waals surface area contributed by atoms with Crippen molar-refractivity contribution in [2.75, 3.05) is 0 Å².